The minimum Gasteiger partial charge on any atom is -0.397 e. The van der Waals surface area contributed by atoms with E-state index in [1.54, 1.807) is 45.0 Å². The quantitative estimate of drug-likeness (QED) is 0.807. The summed E-state index contributed by atoms with van der Waals surface area (Å²) in [5, 5.41) is 9.07. The number of nitrogen functional groups attached to an aromatic ring is 1. The SMILES string of the molecule is CC(C)(C)S(=O)(=O)N(CCO)c1ccccc1N. The van der Waals surface area contributed by atoms with Gasteiger partial charge in [0.1, 0.15) is 0 Å². The fourth-order valence-corrected chi connectivity index (χ4v) is 2.91. The van der Waals surface area contributed by atoms with Gasteiger partial charge in [0.15, 0.2) is 0 Å². The number of sulfonamides is 1. The summed E-state index contributed by atoms with van der Waals surface area (Å²) in [6.07, 6.45) is 0. The normalized spacial score (nSPS) is 12.4. The van der Waals surface area contributed by atoms with E-state index in [1.807, 2.05) is 0 Å². The molecule has 0 heterocycles. The van der Waals surface area contributed by atoms with Gasteiger partial charge in [-0.3, -0.25) is 4.31 Å². The number of hydrogen-bond donors (Lipinski definition) is 2. The second kappa shape index (κ2) is 5.16. The van der Waals surface area contributed by atoms with Gasteiger partial charge in [-0.1, -0.05) is 12.1 Å². The highest BCUT2D eigenvalue weighted by Gasteiger charge is 2.35. The Morgan fingerprint density at radius 2 is 1.83 bits per heavy atom. The van der Waals surface area contributed by atoms with Crippen molar-refractivity contribution in [1.82, 2.24) is 0 Å². The molecular weight excluding hydrogens is 252 g/mol. The van der Waals surface area contributed by atoms with E-state index in [0.717, 1.165) is 0 Å². The molecule has 102 valence electrons. The zero-order valence-electron chi connectivity index (χ0n) is 10.9. The number of rotatable bonds is 4. The number of aliphatic hydroxyl groups is 1. The van der Waals surface area contributed by atoms with Crippen molar-refractivity contribution in [3.05, 3.63) is 24.3 Å². The monoisotopic (exact) mass is 272 g/mol. The predicted octanol–water partition coefficient (Wildman–Crippen LogP) is 1.20. The van der Waals surface area contributed by atoms with Gasteiger partial charge in [0.25, 0.3) is 0 Å². The minimum atomic E-state index is -3.58. The molecule has 0 radical (unpaired) electrons. The van der Waals surface area contributed by atoms with E-state index in [4.69, 9.17) is 10.8 Å². The van der Waals surface area contributed by atoms with Crippen molar-refractivity contribution >= 4 is 21.4 Å². The largest absolute Gasteiger partial charge is 0.397 e. The first-order valence-corrected chi connectivity index (χ1v) is 7.13. The topological polar surface area (TPSA) is 83.6 Å². The van der Waals surface area contributed by atoms with Crippen molar-refractivity contribution in [2.24, 2.45) is 0 Å². The van der Waals surface area contributed by atoms with E-state index in [9.17, 15) is 8.42 Å². The predicted molar refractivity (Wildman–Crippen MR) is 74.0 cm³/mol. The van der Waals surface area contributed by atoms with Crippen molar-refractivity contribution in [1.29, 1.82) is 0 Å². The molecule has 0 aliphatic carbocycles. The Hall–Kier alpha value is -1.27. The minimum absolute atomic E-state index is 0.00613. The lowest BCUT2D eigenvalue weighted by Gasteiger charge is -2.31. The van der Waals surface area contributed by atoms with E-state index in [-0.39, 0.29) is 13.2 Å². The lowest BCUT2D eigenvalue weighted by molar-refractivity contribution is 0.306. The zero-order chi connectivity index (χ0) is 14.0. The first kappa shape index (κ1) is 14.8. The Morgan fingerprint density at radius 1 is 1.28 bits per heavy atom. The number of nitrogens with two attached hydrogens (primary N) is 1. The summed E-state index contributed by atoms with van der Waals surface area (Å²) in [5.41, 5.74) is 6.58. The number of para-hydroxylation sites is 2. The van der Waals surface area contributed by atoms with Crippen molar-refractivity contribution in [2.45, 2.75) is 25.5 Å². The molecule has 0 aromatic heterocycles. The van der Waals surface area contributed by atoms with Crippen LogP contribution in [0.4, 0.5) is 11.4 Å². The Labute approximate surface area is 108 Å². The molecule has 0 aliphatic rings. The van der Waals surface area contributed by atoms with Crippen LogP contribution in [0, 0.1) is 0 Å². The molecule has 0 spiro atoms. The Bertz CT molecular complexity index is 506. The van der Waals surface area contributed by atoms with Crippen LogP contribution in [0.25, 0.3) is 0 Å². The van der Waals surface area contributed by atoms with Crippen LogP contribution in [-0.4, -0.2) is 31.4 Å². The molecule has 1 aromatic rings. The average Bonchev–Trinajstić information content (AvgIpc) is 2.25. The first-order chi connectivity index (χ1) is 8.21. The van der Waals surface area contributed by atoms with Crippen molar-refractivity contribution in [3.63, 3.8) is 0 Å². The van der Waals surface area contributed by atoms with Crippen LogP contribution >= 0.6 is 0 Å². The van der Waals surface area contributed by atoms with Crippen LogP contribution in [0.3, 0.4) is 0 Å². The molecule has 0 aliphatic heterocycles. The number of hydrogen-bond acceptors (Lipinski definition) is 4. The van der Waals surface area contributed by atoms with Gasteiger partial charge in [-0.2, -0.15) is 0 Å². The number of benzene rings is 1. The maximum atomic E-state index is 12.5. The van der Waals surface area contributed by atoms with Crippen LogP contribution in [0.15, 0.2) is 24.3 Å². The van der Waals surface area contributed by atoms with Crippen molar-refractivity contribution in [3.8, 4) is 0 Å². The Kier molecular flexibility index (Phi) is 4.24. The summed E-state index contributed by atoms with van der Waals surface area (Å²) in [4.78, 5) is 0. The zero-order valence-corrected chi connectivity index (χ0v) is 11.7. The average molecular weight is 272 g/mol. The van der Waals surface area contributed by atoms with Gasteiger partial charge in [0, 0.05) is 0 Å². The summed E-state index contributed by atoms with van der Waals surface area (Å²) in [7, 11) is -3.58. The Balaban J connectivity index is 3.33. The molecular formula is C12H20N2O3S. The van der Waals surface area contributed by atoms with Crippen LogP contribution in [-0.2, 0) is 10.0 Å². The summed E-state index contributed by atoms with van der Waals surface area (Å²) in [5.74, 6) is 0. The second-order valence-corrected chi connectivity index (χ2v) is 7.59. The summed E-state index contributed by atoms with van der Waals surface area (Å²) in [6, 6.07) is 6.72. The standard InChI is InChI=1S/C12H20N2O3S/c1-12(2,3)18(16,17)14(8-9-15)11-7-5-4-6-10(11)13/h4-7,15H,8-9,13H2,1-3H3. The highest BCUT2D eigenvalue weighted by atomic mass is 32.2. The summed E-state index contributed by atoms with van der Waals surface area (Å²) < 4.78 is 25.1. The van der Waals surface area contributed by atoms with Crippen molar-refractivity contribution in [2.75, 3.05) is 23.2 Å². The summed E-state index contributed by atoms with van der Waals surface area (Å²) >= 11 is 0. The van der Waals surface area contributed by atoms with E-state index < -0.39 is 14.8 Å². The molecule has 1 rings (SSSR count). The van der Waals surface area contributed by atoms with Gasteiger partial charge in [0.2, 0.25) is 10.0 Å². The molecule has 0 bridgehead atoms. The maximum absolute atomic E-state index is 12.5. The third-order valence-corrected chi connectivity index (χ3v) is 5.08. The van der Waals surface area contributed by atoms with Crippen LogP contribution in [0.5, 0.6) is 0 Å². The van der Waals surface area contributed by atoms with Gasteiger partial charge >= 0.3 is 0 Å². The maximum Gasteiger partial charge on any atom is 0.240 e. The second-order valence-electron chi connectivity index (χ2n) is 4.97. The van der Waals surface area contributed by atoms with Gasteiger partial charge in [-0.25, -0.2) is 8.42 Å². The van der Waals surface area contributed by atoms with Gasteiger partial charge in [-0.15, -0.1) is 0 Å². The lowest BCUT2D eigenvalue weighted by Crippen LogP contribution is -2.44. The number of anilines is 2. The van der Waals surface area contributed by atoms with Gasteiger partial charge in [-0.05, 0) is 32.9 Å². The molecule has 0 atom stereocenters. The fraction of sp³-hybridized carbons (Fsp3) is 0.500. The molecule has 0 saturated heterocycles. The summed E-state index contributed by atoms with van der Waals surface area (Å²) in [6.45, 7) is 4.58. The third-order valence-electron chi connectivity index (χ3n) is 2.57. The highest BCUT2D eigenvalue weighted by molar-refractivity contribution is 7.94. The van der Waals surface area contributed by atoms with Crippen molar-refractivity contribution < 1.29 is 13.5 Å². The molecule has 18 heavy (non-hydrogen) atoms. The van der Waals surface area contributed by atoms with E-state index >= 15 is 0 Å². The van der Waals surface area contributed by atoms with Crippen LogP contribution in [0.2, 0.25) is 0 Å². The van der Waals surface area contributed by atoms with E-state index in [2.05, 4.69) is 0 Å². The van der Waals surface area contributed by atoms with E-state index in [1.165, 1.54) is 4.31 Å². The lowest BCUT2D eigenvalue weighted by atomic mass is 10.2. The molecule has 0 amide bonds. The fourth-order valence-electron chi connectivity index (χ4n) is 1.51. The van der Waals surface area contributed by atoms with Crippen LogP contribution in [0.1, 0.15) is 20.8 Å². The van der Waals surface area contributed by atoms with E-state index in [0.29, 0.717) is 11.4 Å². The Morgan fingerprint density at radius 3 is 2.28 bits per heavy atom. The molecule has 3 N–H and O–H groups in total. The smallest absolute Gasteiger partial charge is 0.240 e. The number of aliphatic hydroxyl groups excluding tert-OH is 1. The molecule has 0 fully saturated rings. The molecule has 6 heteroatoms. The molecule has 5 nitrogen and oxygen atoms in total. The molecule has 1 aromatic carbocycles. The first-order valence-electron chi connectivity index (χ1n) is 5.69. The molecule has 0 unspecified atom stereocenters. The highest BCUT2D eigenvalue weighted by Crippen LogP contribution is 2.30. The number of nitrogens with zero attached hydrogens (tertiary/aromatic N) is 1. The third kappa shape index (κ3) is 2.76. The molecule has 0 saturated carbocycles. The van der Waals surface area contributed by atoms with Gasteiger partial charge in [0.05, 0.1) is 29.3 Å². The van der Waals surface area contributed by atoms with Gasteiger partial charge < -0.3 is 10.8 Å². The van der Waals surface area contributed by atoms with Crippen LogP contribution < -0.4 is 10.0 Å².